The van der Waals surface area contributed by atoms with Crippen LogP contribution in [-0.4, -0.2) is 36.8 Å². The Bertz CT molecular complexity index is 417. The van der Waals surface area contributed by atoms with E-state index >= 15 is 0 Å². The summed E-state index contributed by atoms with van der Waals surface area (Å²) in [4.78, 5) is 12.0. The lowest BCUT2D eigenvalue weighted by molar-refractivity contribution is -0.144. The third-order valence-corrected chi connectivity index (χ3v) is 7.25. The lowest BCUT2D eigenvalue weighted by Gasteiger charge is -2.41. The van der Waals surface area contributed by atoms with Crippen molar-refractivity contribution in [3.63, 3.8) is 0 Å². The largest absolute Gasteiger partial charge is 0.481 e. The summed E-state index contributed by atoms with van der Waals surface area (Å²) in [6.07, 6.45) is 20.7. The van der Waals surface area contributed by atoms with Gasteiger partial charge < -0.3 is 28.0 Å². The van der Waals surface area contributed by atoms with Crippen LogP contribution in [0.15, 0.2) is 0 Å². The third-order valence-electron chi connectivity index (χ3n) is 7.25. The van der Waals surface area contributed by atoms with Gasteiger partial charge in [0.25, 0.3) is 0 Å². The smallest absolute Gasteiger partial charge is 0.308 e. The lowest BCUT2D eigenvalue weighted by atomic mass is 9.67. The van der Waals surface area contributed by atoms with Gasteiger partial charge in [-0.05, 0) is 50.7 Å². The minimum atomic E-state index is -0.803. The van der Waals surface area contributed by atoms with Gasteiger partial charge in [-0.1, -0.05) is 96.8 Å². The van der Waals surface area contributed by atoms with Crippen molar-refractivity contribution in [3.05, 3.63) is 0 Å². The van der Waals surface area contributed by atoms with Crippen LogP contribution < -0.4 is 22.9 Å². The molecule has 2 unspecified atom stereocenters. The van der Waals surface area contributed by atoms with Gasteiger partial charge in [0.15, 0.2) is 0 Å². The predicted octanol–water partition coefficient (Wildman–Crippen LogP) is 4.92. The van der Waals surface area contributed by atoms with Gasteiger partial charge in [0.2, 0.25) is 0 Å². The Labute approximate surface area is 198 Å². The number of carbonyl (C=O) groups is 1. The van der Waals surface area contributed by atoms with E-state index in [1.54, 1.807) is 0 Å². The molecule has 0 radical (unpaired) electrons. The summed E-state index contributed by atoms with van der Waals surface area (Å²) in [5.41, 5.74) is 23.7. The summed E-state index contributed by atoms with van der Waals surface area (Å²) in [5, 5.41) is 9.84. The molecule has 0 saturated heterocycles. The third kappa shape index (κ3) is 13.8. The molecule has 0 rings (SSSR count). The van der Waals surface area contributed by atoms with Gasteiger partial charge in [-0.25, -0.2) is 0 Å². The first-order chi connectivity index (χ1) is 15.5. The summed E-state index contributed by atoms with van der Waals surface area (Å²) in [7, 11) is 0. The van der Waals surface area contributed by atoms with Crippen molar-refractivity contribution in [3.8, 4) is 0 Å². The van der Waals surface area contributed by atoms with E-state index in [9.17, 15) is 9.90 Å². The Balaban J connectivity index is 4.14. The van der Waals surface area contributed by atoms with Gasteiger partial charge in [0.05, 0.1) is 5.92 Å². The van der Waals surface area contributed by atoms with Crippen LogP contribution in [0.3, 0.4) is 0 Å². The standard InChI is InChI=1S/C26H56N4O2/c1-2-3-4-5-6-7-8-9-10-11-12-13-14-15-16-23(25(31)32)24(30)26(17-20-27,18-21-28)19-22-29/h23-24H,2-22,27-30H2,1H3,(H,31,32). The fraction of sp³-hybridized carbons (Fsp3) is 0.962. The number of hydrogen-bond acceptors (Lipinski definition) is 5. The van der Waals surface area contributed by atoms with Crippen LogP contribution in [0.1, 0.15) is 122 Å². The summed E-state index contributed by atoms with van der Waals surface area (Å²) in [6.45, 7) is 3.68. The Morgan fingerprint density at radius 1 is 0.688 bits per heavy atom. The molecule has 6 nitrogen and oxygen atoms in total. The molecule has 192 valence electrons. The minimum Gasteiger partial charge on any atom is -0.481 e. The zero-order valence-electron chi connectivity index (χ0n) is 21.2. The molecule has 0 spiro atoms. The molecule has 0 bridgehead atoms. The van der Waals surface area contributed by atoms with Gasteiger partial charge in [-0.2, -0.15) is 0 Å². The van der Waals surface area contributed by atoms with Crippen molar-refractivity contribution < 1.29 is 9.90 Å². The molecule has 32 heavy (non-hydrogen) atoms. The van der Waals surface area contributed by atoms with Crippen molar-refractivity contribution in [2.24, 2.45) is 34.3 Å². The zero-order valence-corrected chi connectivity index (χ0v) is 21.2. The molecule has 0 aromatic carbocycles. The SMILES string of the molecule is CCCCCCCCCCCCCCCCC(C(=O)O)C(N)C(CCN)(CCN)CCN. The average Bonchev–Trinajstić information content (AvgIpc) is 2.76. The minimum absolute atomic E-state index is 0.378. The normalized spacial score (nSPS) is 13.9. The number of carboxylic acid groups (broad SMARTS) is 1. The number of nitrogens with two attached hydrogens (primary N) is 4. The first kappa shape index (κ1) is 31.3. The Morgan fingerprint density at radius 2 is 1.03 bits per heavy atom. The first-order valence-electron chi connectivity index (χ1n) is 13.6. The molecule has 9 N–H and O–H groups in total. The average molecular weight is 457 g/mol. The molecule has 0 aromatic rings. The van der Waals surface area contributed by atoms with Gasteiger partial charge >= 0.3 is 5.97 Å². The fourth-order valence-electron chi connectivity index (χ4n) is 5.18. The fourth-order valence-corrected chi connectivity index (χ4v) is 5.18. The van der Waals surface area contributed by atoms with Crippen molar-refractivity contribution in [1.29, 1.82) is 0 Å². The molecule has 6 heteroatoms. The second kappa shape index (κ2) is 20.9. The van der Waals surface area contributed by atoms with Crippen LogP contribution >= 0.6 is 0 Å². The van der Waals surface area contributed by atoms with Gasteiger partial charge in [0.1, 0.15) is 0 Å². The Kier molecular flexibility index (Phi) is 20.4. The van der Waals surface area contributed by atoms with E-state index in [0.29, 0.717) is 45.3 Å². The topological polar surface area (TPSA) is 141 Å². The molecule has 0 aliphatic carbocycles. The number of carboxylic acids is 1. The molecule has 0 saturated carbocycles. The van der Waals surface area contributed by atoms with Crippen LogP contribution in [0, 0.1) is 11.3 Å². The number of rotatable bonds is 24. The molecule has 0 fully saturated rings. The van der Waals surface area contributed by atoms with Crippen LogP contribution in [0.5, 0.6) is 0 Å². The quantitative estimate of drug-likeness (QED) is 0.131. The maximum Gasteiger partial charge on any atom is 0.308 e. The van der Waals surface area contributed by atoms with Crippen LogP contribution in [0.2, 0.25) is 0 Å². The van der Waals surface area contributed by atoms with E-state index in [-0.39, 0.29) is 5.41 Å². The number of unbranched alkanes of at least 4 members (excludes halogenated alkanes) is 13. The molecule has 0 amide bonds. The highest BCUT2D eigenvalue weighted by atomic mass is 16.4. The summed E-state index contributed by atoms with van der Waals surface area (Å²) in [6, 6.07) is -0.461. The summed E-state index contributed by atoms with van der Waals surface area (Å²) >= 11 is 0. The number of aliphatic carboxylic acids is 1. The molecule has 0 heterocycles. The van der Waals surface area contributed by atoms with E-state index in [0.717, 1.165) is 12.8 Å². The second-order valence-electron chi connectivity index (χ2n) is 9.83. The highest BCUT2D eigenvalue weighted by molar-refractivity contribution is 5.71. The maximum atomic E-state index is 12.0. The Hall–Kier alpha value is -0.690. The van der Waals surface area contributed by atoms with Crippen LogP contribution in [0.25, 0.3) is 0 Å². The predicted molar refractivity (Wildman–Crippen MR) is 137 cm³/mol. The van der Waals surface area contributed by atoms with Gasteiger partial charge in [-0.15, -0.1) is 0 Å². The monoisotopic (exact) mass is 456 g/mol. The number of hydrogen-bond donors (Lipinski definition) is 5. The van der Waals surface area contributed by atoms with E-state index in [1.807, 2.05) is 0 Å². The van der Waals surface area contributed by atoms with E-state index in [4.69, 9.17) is 22.9 Å². The van der Waals surface area contributed by atoms with Crippen molar-refractivity contribution in [2.45, 2.75) is 129 Å². The Morgan fingerprint density at radius 3 is 1.34 bits per heavy atom. The van der Waals surface area contributed by atoms with E-state index < -0.39 is 17.9 Å². The maximum absolute atomic E-state index is 12.0. The van der Waals surface area contributed by atoms with E-state index in [1.165, 1.54) is 77.0 Å². The zero-order chi connectivity index (χ0) is 24.1. The lowest BCUT2D eigenvalue weighted by Crippen LogP contribution is -2.52. The second-order valence-corrected chi connectivity index (χ2v) is 9.83. The van der Waals surface area contributed by atoms with Crippen molar-refractivity contribution in [2.75, 3.05) is 19.6 Å². The summed E-state index contributed by atoms with van der Waals surface area (Å²) < 4.78 is 0. The van der Waals surface area contributed by atoms with E-state index in [2.05, 4.69) is 6.92 Å². The molecule has 0 aromatic heterocycles. The molecular formula is C26H56N4O2. The van der Waals surface area contributed by atoms with Crippen molar-refractivity contribution >= 4 is 5.97 Å². The van der Waals surface area contributed by atoms with Crippen LogP contribution in [0.4, 0.5) is 0 Å². The summed E-state index contributed by atoms with van der Waals surface area (Å²) in [5.74, 6) is -1.36. The first-order valence-corrected chi connectivity index (χ1v) is 13.6. The van der Waals surface area contributed by atoms with Gasteiger partial charge in [-0.3, -0.25) is 4.79 Å². The van der Waals surface area contributed by atoms with Crippen LogP contribution in [-0.2, 0) is 4.79 Å². The molecule has 2 atom stereocenters. The van der Waals surface area contributed by atoms with Gasteiger partial charge in [0, 0.05) is 6.04 Å². The molecular weight excluding hydrogens is 400 g/mol. The highest BCUT2D eigenvalue weighted by Gasteiger charge is 2.41. The highest BCUT2D eigenvalue weighted by Crippen LogP contribution is 2.37. The molecule has 0 aliphatic heterocycles. The molecule has 0 aliphatic rings. The van der Waals surface area contributed by atoms with Crippen molar-refractivity contribution in [1.82, 2.24) is 0 Å².